The molecule has 1 N–H and O–H groups in total. The zero-order valence-electron chi connectivity index (χ0n) is 11.1. The van der Waals surface area contributed by atoms with E-state index in [4.69, 9.17) is 0 Å². The number of nitrogens with zero attached hydrogens (tertiary/aromatic N) is 2. The predicted octanol–water partition coefficient (Wildman–Crippen LogP) is 3.36. The van der Waals surface area contributed by atoms with Crippen LogP contribution in [0.3, 0.4) is 0 Å². The Bertz CT molecular complexity index is 465. The first kappa shape index (κ1) is 14.6. The summed E-state index contributed by atoms with van der Waals surface area (Å²) < 4.78 is 37.1. The van der Waals surface area contributed by atoms with Crippen LogP contribution in [-0.2, 0) is 6.18 Å². The lowest BCUT2D eigenvalue weighted by molar-refractivity contribution is -0.141. The van der Waals surface area contributed by atoms with Gasteiger partial charge >= 0.3 is 12.2 Å². The summed E-state index contributed by atoms with van der Waals surface area (Å²) in [5.74, 6) is 0.604. The van der Waals surface area contributed by atoms with Gasteiger partial charge in [-0.25, -0.2) is 9.78 Å². The fourth-order valence-corrected chi connectivity index (χ4v) is 2.05. The molecule has 0 unspecified atom stereocenters. The first-order chi connectivity index (χ1) is 9.36. The minimum absolute atomic E-state index is 0.265. The van der Waals surface area contributed by atoms with Gasteiger partial charge in [-0.15, -0.1) is 0 Å². The van der Waals surface area contributed by atoms with Crippen molar-refractivity contribution in [1.29, 1.82) is 0 Å². The van der Waals surface area contributed by atoms with Crippen LogP contribution in [0.4, 0.5) is 23.7 Å². The summed E-state index contributed by atoms with van der Waals surface area (Å²) in [6, 6.07) is 1.77. The van der Waals surface area contributed by atoms with Crippen LogP contribution in [-0.4, -0.2) is 29.0 Å². The maximum atomic E-state index is 12.4. The highest BCUT2D eigenvalue weighted by Crippen LogP contribution is 2.27. The average molecular weight is 287 g/mol. The Hall–Kier alpha value is -1.79. The van der Waals surface area contributed by atoms with E-state index in [-0.39, 0.29) is 11.7 Å². The summed E-state index contributed by atoms with van der Waals surface area (Å²) in [5.41, 5.74) is -0.705. The molecule has 2 heterocycles. The highest BCUT2D eigenvalue weighted by atomic mass is 19.4. The van der Waals surface area contributed by atoms with Crippen molar-refractivity contribution in [2.45, 2.75) is 25.9 Å². The van der Waals surface area contributed by atoms with Crippen LogP contribution in [0, 0.1) is 5.92 Å². The number of hydrogen-bond donors (Lipinski definition) is 1. The van der Waals surface area contributed by atoms with Crippen LogP contribution in [0.5, 0.6) is 0 Å². The lowest BCUT2D eigenvalue weighted by atomic mass is 10.00. The molecule has 1 aromatic rings. The van der Waals surface area contributed by atoms with Crippen molar-refractivity contribution in [3.63, 3.8) is 0 Å². The number of aromatic nitrogens is 1. The second-order valence-corrected chi connectivity index (χ2v) is 5.03. The van der Waals surface area contributed by atoms with E-state index >= 15 is 0 Å². The smallest absolute Gasteiger partial charge is 0.325 e. The number of nitrogens with one attached hydrogen (secondary N) is 1. The van der Waals surface area contributed by atoms with Crippen molar-refractivity contribution >= 4 is 11.7 Å². The van der Waals surface area contributed by atoms with Gasteiger partial charge in [0, 0.05) is 13.1 Å². The summed E-state index contributed by atoms with van der Waals surface area (Å²) in [4.78, 5) is 16.9. The number of urea groups is 1. The van der Waals surface area contributed by atoms with E-state index in [1.165, 1.54) is 6.07 Å². The zero-order chi connectivity index (χ0) is 14.8. The van der Waals surface area contributed by atoms with Crippen molar-refractivity contribution in [1.82, 2.24) is 9.88 Å². The molecule has 0 spiro atoms. The summed E-state index contributed by atoms with van der Waals surface area (Å²) >= 11 is 0. The molecule has 7 heteroatoms. The number of piperidine rings is 1. The third kappa shape index (κ3) is 3.61. The van der Waals surface area contributed by atoms with E-state index < -0.39 is 11.9 Å². The van der Waals surface area contributed by atoms with Crippen molar-refractivity contribution in [2.24, 2.45) is 5.92 Å². The van der Waals surface area contributed by atoms with Crippen LogP contribution >= 0.6 is 0 Å². The topological polar surface area (TPSA) is 45.2 Å². The Kier molecular flexibility index (Phi) is 4.15. The van der Waals surface area contributed by atoms with E-state index in [9.17, 15) is 18.0 Å². The maximum absolute atomic E-state index is 12.4. The first-order valence-electron chi connectivity index (χ1n) is 6.45. The highest BCUT2D eigenvalue weighted by Gasteiger charge is 2.32. The average Bonchev–Trinajstić information content (AvgIpc) is 2.39. The molecule has 1 aromatic heterocycles. The lowest BCUT2D eigenvalue weighted by Gasteiger charge is -2.30. The van der Waals surface area contributed by atoms with Gasteiger partial charge in [-0.3, -0.25) is 0 Å². The second-order valence-electron chi connectivity index (χ2n) is 5.03. The zero-order valence-corrected chi connectivity index (χ0v) is 11.1. The van der Waals surface area contributed by atoms with Gasteiger partial charge < -0.3 is 10.2 Å². The number of alkyl halides is 3. The number of amides is 2. The molecule has 0 saturated carbocycles. The molecule has 110 valence electrons. The van der Waals surface area contributed by atoms with E-state index in [1.54, 1.807) is 4.90 Å². The SMILES string of the molecule is CC1CCN(C(=O)Nc2ccc(C(F)(F)F)nc2)CC1. The Morgan fingerprint density at radius 2 is 2.00 bits per heavy atom. The molecule has 1 fully saturated rings. The summed E-state index contributed by atoms with van der Waals surface area (Å²) in [6.45, 7) is 3.47. The van der Waals surface area contributed by atoms with Gasteiger partial charge in [0.25, 0.3) is 0 Å². The normalized spacial score (nSPS) is 17.1. The molecule has 0 radical (unpaired) electrons. The molecule has 1 aliphatic heterocycles. The fraction of sp³-hybridized carbons (Fsp3) is 0.538. The monoisotopic (exact) mass is 287 g/mol. The largest absolute Gasteiger partial charge is 0.433 e. The third-order valence-electron chi connectivity index (χ3n) is 3.38. The molecular weight excluding hydrogens is 271 g/mol. The molecule has 0 aromatic carbocycles. The van der Waals surface area contributed by atoms with E-state index in [0.717, 1.165) is 25.1 Å². The summed E-state index contributed by atoms with van der Waals surface area (Å²) in [7, 11) is 0. The van der Waals surface area contributed by atoms with Gasteiger partial charge in [-0.2, -0.15) is 13.2 Å². The minimum atomic E-state index is -4.47. The van der Waals surface area contributed by atoms with E-state index in [0.29, 0.717) is 19.0 Å². The molecule has 2 rings (SSSR count). The molecule has 0 atom stereocenters. The van der Waals surface area contributed by atoms with E-state index in [2.05, 4.69) is 17.2 Å². The number of pyridine rings is 1. The molecule has 4 nitrogen and oxygen atoms in total. The third-order valence-corrected chi connectivity index (χ3v) is 3.38. The van der Waals surface area contributed by atoms with Crippen LogP contribution in [0.25, 0.3) is 0 Å². The highest BCUT2D eigenvalue weighted by molar-refractivity contribution is 5.89. The van der Waals surface area contributed by atoms with Gasteiger partial charge in [-0.1, -0.05) is 6.92 Å². The molecule has 0 bridgehead atoms. The molecule has 1 saturated heterocycles. The van der Waals surface area contributed by atoms with Gasteiger partial charge in [0.2, 0.25) is 0 Å². The van der Waals surface area contributed by atoms with Crippen molar-refractivity contribution < 1.29 is 18.0 Å². The number of anilines is 1. The number of carbonyl (C=O) groups excluding carboxylic acids is 1. The van der Waals surface area contributed by atoms with Gasteiger partial charge in [-0.05, 0) is 30.9 Å². The molecule has 1 aliphatic rings. The van der Waals surface area contributed by atoms with Crippen LogP contribution < -0.4 is 5.32 Å². The molecular formula is C13H16F3N3O. The standard InChI is InChI=1S/C13H16F3N3O/c1-9-4-6-19(7-5-9)12(20)18-10-2-3-11(17-8-10)13(14,15)16/h2-3,8-9H,4-7H2,1H3,(H,18,20). The molecule has 20 heavy (non-hydrogen) atoms. The van der Waals surface area contributed by atoms with Crippen LogP contribution in [0.2, 0.25) is 0 Å². The first-order valence-corrected chi connectivity index (χ1v) is 6.45. The summed E-state index contributed by atoms with van der Waals surface area (Å²) in [6.07, 6.45) is -1.56. The Labute approximate surface area is 115 Å². The quantitative estimate of drug-likeness (QED) is 0.860. The van der Waals surface area contributed by atoms with Crippen molar-refractivity contribution in [3.05, 3.63) is 24.0 Å². The Morgan fingerprint density at radius 1 is 1.35 bits per heavy atom. The van der Waals surface area contributed by atoms with Gasteiger partial charge in [0.1, 0.15) is 5.69 Å². The number of hydrogen-bond acceptors (Lipinski definition) is 2. The van der Waals surface area contributed by atoms with E-state index in [1.807, 2.05) is 0 Å². The minimum Gasteiger partial charge on any atom is -0.325 e. The number of likely N-dealkylation sites (tertiary alicyclic amines) is 1. The number of halogens is 3. The maximum Gasteiger partial charge on any atom is 0.433 e. The number of carbonyl (C=O) groups is 1. The second kappa shape index (κ2) is 5.68. The summed E-state index contributed by atoms with van der Waals surface area (Å²) in [5, 5.41) is 2.56. The van der Waals surface area contributed by atoms with Gasteiger partial charge in [0.05, 0.1) is 11.9 Å². The van der Waals surface area contributed by atoms with Gasteiger partial charge in [0.15, 0.2) is 0 Å². The molecule has 0 aliphatic carbocycles. The van der Waals surface area contributed by atoms with Crippen LogP contribution in [0.1, 0.15) is 25.5 Å². The fourth-order valence-electron chi connectivity index (χ4n) is 2.05. The predicted molar refractivity (Wildman–Crippen MR) is 68.2 cm³/mol. The molecule has 2 amide bonds. The van der Waals surface area contributed by atoms with Crippen molar-refractivity contribution in [2.75, 3.05) is 18.4 Å². The Balaban J connectivity index is 1.94. The Morgan fingerprint density at radius 3 is 2.50 bits per heavy atom. The number of rotatable bonds is 1. The van der Waals surface area contributed by atoms with Crippen molar-refractivity contribution in [3.8, 4) is 0 Å². The van der Waals surface area contributed by atoms with Crippen LogP contribution in [0.15, 0.2) is 18.3 Å². The lowest BCUT2D eigenvalue weighted by Crippen LogP contribution is -2.40.